The van der Waals surface area contributed by atoms with Crippen molar-refractivity contribution in [2.75, 3.05) is 13.1 Å². The molecule has 1 amide bonds. The monoisotopic (exact) mass is 488 g/mol. The number of likely N-dealkylation sites (tertiary alicyclic amines) is 1. The number of nitrogens with two attached hydrogens (primary N) is 1. The molecule has 8 heteroatoms. The van der Waals surface area contributed by atoms with Crippen LogP contribution >= 0.6 is 11.3 Å². The number of aromatic nitrogens is 4. The molecular weight excluding hydrogens is 456 g/mol. The number of carbonyl (C=O) groups excluding carboxylic acids is 1. The van der Waals surface area contributed by atoms with Crippen molar-refractivity contribution in [2.45, 2.75) is 70.8 Å². The van der Waals surface area contributed by atoms with Gasteiger partial charge in [-0.2, -0.15) is 5.10 Å². The molecule has 2 bridgehead atoms. The highest BCUT2D eigenvalue weighted by molar-refractivity contribution is 7.19. The van der Waals surface area contributed by atoms with E-state index in [1.54, 1.807) is 11.2 Å². The number of fused-ring (bicyclic) bond motifs is 6. The van der Waals surface area contributed by atoms with Crippen LogP contribution in [-0.4, -0.2) is 49.5 Å². The Balaban J connectivity index is 1.32. The molecule has 7 rings (SSSR count). The van der Waals surface area contributed by atoms with E-state index >= 15 is 0 Å². The Hall–Kier alpha value is -2.71. The molecule has 1 saturated carbocycles. The van der Waals surface area contributed by atoms with Crippen molar-refractivity contribution >= 4 is 33.1 Å². The molecule has 2 unspecified atom stereocenters. The van der Waals surface area contributed by atoms with E-state index in [0.29, 0.717) is 30.3 Å². The molecule has 0 aromatic carbocycles. The molecule has 2 aliphatic carbocycles. The summed E-state index contributed by atoms with van der Waals surface area (Å²) in [7, 11) is 0. The number of primary amides is 1. The van der Waals surface area contributed by atoms with Gasteiger partial charge < -0.3 is 10.7 Å². The quantitative estimate of drug-likeness (QED) is 0.432. The Kier molecular flexibility index (Phi) is 4.71. The number of hydrogen-bond donors (Lipinski definition) is 2. The van der Waals surface area contributed by atoms with E-state index in [2.05, 4.69) is 46.9 Å². The maximum atomic E-state index is 11.5. The van der Waals surface area contributed by atoms with Crippen LogP contribution < -0.4 is 5.73 Å². The number of piperidine rings is 1. The molecule has 35 heavy (non-hydrogen) atoms. The van der Waals surface area contributed by atoms with Crippen molar-refractivity contribution < 1.29 is 4.79 Å². The molecule has 4 aromatic rings. The van der Waals surface area contributed by atoms with E-state index in [1.807, 2.05) is 15.9 Å². The van der Waals surface area contributed by atoms with Gasteiger partial charge in [-0.25, -0.2) is 9.50 Å². The fourth-order valence-electron chi connectivity index (χ4n) is 7.42. The highest BCUT2D eigenvalue weighted by Crippen LogP contribution is 2.53. The van der Waals surface area contributed by atoms with Crippen LogP contribution in [0.25, 0.3) is 27.1 Å². The van der Waals surface area contributed by atoms with Gasteiger partial charge in [-0.1, -0.05) is 13.8 Å². The molecule has 0 radical (unpaired) electrons. The van der Waals surface area contributed by atoms with Crippen LogP contribution in [0.1, 0.15) is 72.1 Å². The molecule has 182 valence electrons. The van der Waals surface area contributed by atoms with Gasteiger partial charge in [-0.3, -0.25) is 9.69 Å². The Morgan fingerprint density at radius 2 is 2.11 bits per heavy atom. The van der Waals surface area contributed by atoms with Gasteiger partial charge in [0.05, 0.1) is 12.2 Å². The van der Waals surface area contributed by atoms with Gasteiger partial charge in [-0.15, -0.1) is 11.3 Å². The maximum Gasteiger partial charge on any atom is 0.231 e. The third-order valence-electron chi connectivity index (χ3n) is 8.80. The normalized spacial score (nSPS) is 23.9. The van der Waals surface area contributed by atoms with Gasteiger partial charge in [0.25, 0.3) is 0 Å². The molecule has 3 N–H and O–H groups in total. The van der Waals surface area contributed by atoms with Crippen molar-refractivity contribution in [3.8, 4) is 11.3 Å². The average molecular weight is 489 g/mol. The first-order valence-corrected chi connectivity index (χ1v) is 13.7. The van der Waals surface area contributed by atoms with Crippen LogP contribution in [0, 0.1) is 12.8 Å². The van der Waals surface area contributed by atoms with Crippen molar-refractivity contribution in [3.05, 3.63) is 39.7 Å². The van der Waals surface area contributed by atoms with Crippen LogP contribution in [0.3, 0.4) is 0 Å². The number of rotatable bonds is 5. The lowest BCUT2D eigenvalue weighted by molar-refractivity contribution is -0.119. The van der Waals surface area contributed by atoms with Gasteiger partial charge >= 0.3 is 0 Å². The van der Waals surface area contributed by atoms with Gasteiger partial charge in [0, 0.05) is 40.2 Å². The summed E-state index contributed by atoms with van der Waals surface area (Å²) in [4.78, 5) is 25.1. The zero-order valence-electron chi connectivity index (χ0n) is 20.6. The lowest BCUT2D eigenvalue weighted by Crippen LogP contribution is -2.40. The van der Waals surface area contributed by atoms with Crippen molar-refractivity contribution in [2.24, 2.45) is 11.7 Å². The first-order valence-electron chi connectivity index (χ1n) is 12.9. The summed E-state index contributed by atoms with van der Waals surface area (Å²) in [6.07, 6.45) is 9.56. The first-order chi connectivity index (χ1) is 16.9. The maximum absolute atomic E-state index is 11.5. The van der Waals surface area contributed by atoms with Gasteiger partial charge in [-0.05, 0) is 73.5 Å². The topological polar surface area (TPSA) is 92.3 Å². The fraction of sp³-hybridized carbons (Fsp3) is 0.519. The Labute approximate surface area is 208 Å². The van der Waals surface area contributed by atoms with Gasteiger partial charge in [0.15, 0.2) is 5.65 Å². The van der Waals surface area contributed by atoms with Crippen molar-refractivity contribution in [3.63, 3.8) is 0 Å². The minimum atomic E-state index is -0.209. The second-order valence-corrected chi connectivity index (χ2v) is 12.2. The lowest BCUT2D eigenvalue weighted by atomic mass is 9.88. The number of amides is 1. The summed E-state index contributed by atoms with van der Waals surface area (Å²) < 4.78 is 1.96. The number of thiophene rings is 1. The molecule has 2 fully saturated rings. The van der Waals surface area contributed by atoms with Crippen LogP contribution in [0.2, 0.25) is 0 Å². The molecule has 0 spiro atoms. The highest BCUT2D eigenvalue weighted by Gasteiger charge is 2.46. The first kappa shape index (κ1) is 21.6. The minimum absolute atomic E-state index is 0.209. The molecule has 7 nitrogen and oxygen atoms in total. The predicted octanol–water partition coefficient (Wildman–Crippen LogP) is 4.52. The van der Waals surface area contributed by atoms with Crippen LogP contribution in [0.5, 0.6) is 0 Å². The number of nitrogens with one attached hydrogen (secondary N) is 1. The van der Waals surface area contributed by atoms with E-state index in [9.17, 15) is 4.79 Å². The van der Waals surface area contributed by atoms with Crippen LogP contribution in [0.15, 0.2) is 12.5 Å². The summed E-state index contributed by atoms with van der Waals surface area (Å²) in [5.74, 6) is 1.42. The van der Waals surface area contributed by atoms with Crippen LogP contribution in [0.4, 0.5) is 0 Å². The second kappa shape index (κ2) is 7.64. The second-order valence-electron chi connectivity index (χ2n) is 11.1. The van der Waals surface area contributed by atoms with E-state index in [4.69, 9.17) is 5.73 Å². The van der Waals surface area contributed by atoms with Crippen molar-refractivity contribution in [1.82, 2.24) is 24.5 Å². The Bertz CT molecular complexity index is 1490. The fourth-order valence-corrected chi connectivity index (χ4v) is 8.85. The zero-order chi connectivity index (χ0) is 24.0. The number of aromatic amines is 1. The summed E-state index contributed by atoms with van der Waals surface area (Å²) >= 11 is 1.96. The smallest absolute Gasteiger partial charge is 0.231 e. The largest absolute Gasteiger partial charge is 0.369 e. The average Bonchev–Trinajstić information content (AvgIpc) is 3.61. The lowest BCUT2D eigenvalue weighted by Gasteiger charge is -2.30. The molecular formula is C27H32N6OS. The van der Waals surface area contributed by atoms with E-state index < -0.39 is 0 Å². The minimum Gasteiger partial charge on any atom is -0.369 e. The molecule has 4 aromatic heterocycles. The number of carbonyl (C=O) groups is 1. The number of pyridine rings is 1. The number of hydrogen-bond acceptors (Lipinski definition) is 5. The Morgan fingerprint density at radius 3 is 2.86 bits per heavy atom. The van der Waals surface area contributed by atoms with Gasteiger partial charge in [0.2, 0.25) is 5.91 Å². The predicted molar refractivity (Wildman–Crippen MR) is 139 cm³/mol. The zero-order valence-corrected chi connectivity index (χ0v) is 21.4. The summed E-state index contributed by atoms with van der Waals surface area (Å²) in [6.45, 7) is 8.36. The molecule has 5 heterocycles. The molecule has 1 aliphatic heterocycles. The third kappa shape index (κ3) is 3.08. The third-order valence-corrected chi connectivity index (χ3v) is 10.1. The Morgan fingerprint density at radius 1 is 1.29 bits per heavy atom. The molecule has 3 aliphatic rings. The number of H-pyrrole nitrogens is 1. The summed E-state index contributed by atoms with van der Waals surface area (Å²) in [5.41, 5.74) is 14.8. The SMILES string of the molecule is Cc1c(C2CC3C[C@H]2CN3CC(N)=O)sc2[nH]c(-c3cn4ncnc4c4c3CCC4)c(C(C)C)c12. The van der Waals surface area contributed by atoms with E-state index in [0.717, 1.165) is 31.5 Å². The number of aryl methyl sites for hydroxylation is 2. The molecule has 3 atom stereocenters. The van der Waals surface area contributed by atoms with Gasteiger partial charge in [0.1, 0.15) is 11.2 Å². The standard InChI is InChI=1S/C27H32N6OS/c1-13(2)22-23-14(3)25(19-8-16-7-15(19)9-32(16)11-21(28)34)35-27(23)31-24(22)20-10-33-26(29-12-30-33)18-6-4-5-17(18)20/h10,12-13,15-16,19,31H,4-9,11H2,1-3H3,(H2,28,34)/t15-,16?,19?/m0/s1. The highest BCUT2D eigenvalue weighted by atomic mass is 32.1. The summed E-state index contributed by atoms with van der Waals surface area (Å²) in [6, 6.07) is 0.495. The van der Waals surface area contributed by atoms with E-state index in [1.165, 1.54) is 56.6 Å². The van der Waals surface area contributed by atoms with Crippen LogP contribution in [-0.2, 0) is 17.6 Å². The summed E-state index contributed by atoms with van der Waals surface area (Å²) in [5, 5.41) is 5.92. The molecule has 1 saturated heterocycles. The number of nitrogens with zero attached hydrogens (tertiary/aromatic N) is 4. The van der Waals surface area contributed by atoms with E-state index in [-0.39, 0.29) is 5.91 Å². The van der Waals surface area contributed by atoms with Crippen molar-refractivity contribution in [1.29, 1.82) is 0 Å².